The number of nitrogens with one attached hydrogen (secondary N) is 1. The molecule has 3 rings (SSSR count). The molecule has 24 heavy (non-hydrogen) atoms. The van der Waals surface area contributed by atoms with Gasteiger partial charge in [-0.1, -0.05) is 13.0 Å². The Bertz CT molecular complexity index is 758. The maximum atomic E-state index is 12.5. The van der Waals surface area contributed by atoms with Crippen LogP contribution in [-0.2, 0) is 16.0 Å². The van der Waals surface area contributed by atoms with E-state index in [1.54, 1.807) is 0 Å². The van der Waals surface area contributed by atoms with Crippen molar-refractivity contribution in [1.29, 1.82) is 0 Å². The van der Waals surface area contributed by atoms with Crippen LogP contribution >= 0.6 is 0 Å². The largest absolute Gasteiger partial charge is 0.481 e. The second-order valence-electron chi connectivity index (χ2n) is 6.21. The molecular formula is C18H21NO5. The number of carboxylic acid groups (broad SMARTS) is 1. The van der Waals surface area contributed by atoms with Crippen molar-refractivity contribution in [3.63, 3.8) is 0 Å². The Labute approximate surface area is 139 Å². The molecule has 2 N–H and O–H groups in total. The molecular weight excluding hydrogens is 310 g/mol. The fraction of sp³-hybridized carbons (Fsp3) is 0.444. The molecule has 1 aliphatic rings. The molecule has 0 unspecified atom stereocenters. The van der Waals surface area contributed by atoms with E-state index in [1.165, 1.54) is 6.26 Å². The lowest BCUT2D eigenvalue weighted by molar-refractivity contribution is -0.154. The van der Waals surface area contributed by atoms with Gasteiger partial charge in [-0.3, -0.25) is 9.59 Å². The minimum Gasteiger partial charge on any atom is -0.481 e. The van der Waals surface area contributed by atoms with Crippen molar-refractivity contribution < 1.29 is 23.8 Å². The quantitative estimate of drug-likeness (QED) is 0.879. The van der Waals surface area contributed by atoms with Crippen molar-refractivity contribution in [2.75, 3.05) is 19.8 Å². The molecule has 0 spiro atoms. The summed E-state index contributed by atoms with van der Waals surface area (Å²) in [6, 6.07) is 5.76. The number of aryl methyl sites for hydroxylation is 1. The maximum Gasteiger partial charge on any atom is 0.311 e. The van der Waals surface area contributed by atoms with E-state index in [0.29, 0.717) is 37.2 Å². The Kier molecular flexibility index (Phi) is 4.57. The Morgan fingerprint density at radius 2 is 2.04 bits per heavy atom. The topological polar surface area (TPSA) is 88.8 Å². The summed E-state index contributed by atoms with van der Waals surface area (Å²) in [6.45, 7) is 2.93. The first-order valence-corrected chi connectivity index (χ1v) is 8.15. The summed E-state index contributed by atoms with van der Waals surface area (Å²) in [6.07, 6.45) is 3.09. The first kappa shape index (κ1) is 16.5. The van der Waals surface area contributed by atoms with Crippen LogP contribution in [0.2, 0.25) is 0 Å². The van der Waals surface area contributed by atoms with Crippen LogP contribution in [0.3, 0.4) is 0 Å². The first-order chi connectivity index (χ1) is 11.6. The van der Waals surface area contributed by atoms with Gasteiger partial charge in [-0.2, -0.15) is 0 Å². The van der Waals surface area contributed by atoms with Gasteiger partial charge >= 0.3 is 5.97 Å². The Morgan fingerprint density at radius 3 is 2.71 bits per heavy atom. The maximum absolute atomic E-state index is 12.5. The van der Waals surface area contributed by atoms with Gasteiger partial charge in [0.25, 0.3) is 5.91 Å². The molecule has 1 aromatic heterocycles. The highest BCUT2D eigenvalue weighted by molar-refractivity contribution is 6.06. The number of benzene rings is 1. The minimum absolute atomic E-state index is 0.0880. The lowest BCUT2D eigenvalue weighted by atomic mass is 9.80. The molecule has 1 amide bonds. The van der Waals surface area contributed by atoms with Crippen LogP contribution < -0.4 is 5.32 Å². The summed E-state index contributed by atoms with van der Waals surface area (Å²) in [7, 11) is 0. The van der Waals surface area contributed by atoms with E-state index in [1.807, 2.05) is 25.1 Å². The van der Waals surface area contributed by atoms with E-state index < -0.39 is 11.4 Å². The van der Waals surface area contributed by atoms with Crippen LogP contribution in [0.5, 0.6) is 0 Å². The summed E-state index contributed by atoms with van der Waals surface area (Å²) in [5, 5.41) is 13.1. The summed E-state index contributed by atoms with van der Waals surface area (Å²) in [4.78, 5) is 24.2. The predicted octanol–water partition coefficient (Wildman–Crippen LogP) is 2.61. The Hall–Kier alpha value is -2.34. The van der Waals surface area contributed by atoms with E-state index in [0.717, 1.165) is 17.4 Å². The number of carbonyl (C=O) groups excluding carboxylic acids is 1. The molecule has 6 heteroatoms. The number of rotatable bonds is 5. The van der Waals surface area contributed by atoms with Gasteiger partial charge in [-0.15, -0.1) is 0 Å². The lowest BCUT2D eigenvalue weighted by Crippen LogP contribution is -2.46. The molecule has 2 aromatic rings. The molecule has 0 saturated carbocycles. The third kappa shape index (κ3) is 3.01. The van der Waals surface area contributed by atoms with Gasteiger partial charge < -0.3 is 19.6 Å². The number of carboxylic acids is 1. The summed E-state index contributed by atoms with van der Waals surface area (Å²) >= 11 is 0. The molecule has 1 aliphatic heterocycles. The normalized spacial score (nSPS) is 16.9. The van der Waals surface area contributed by atoms with Crippen molar-refractivity contribution >= 4 is 22.8 Å². The minimum atomic E-state index is -0.956. The smallest absolute Gasteiger partial charge is 0.311 e. The Balaban J connectivity index is 1.78. The first-order valence-electron chi connectivity index (χ1n) is 8.15. The second-order valence-corrected chi connectivity index (χ2v) is 6.21. The molecule has 6 nitrogen and oxygen atoms in total. The average molecular weight is 331 g/mol. The van der Waals surface area contributed by atoms with Gasteiger partial charge in [-0.25, -0.2) is 0 Å². The van der Waals surface area contributed by atoms with Crippen molar-refractivity contribution in [3.8, 4) is 0 Å². The van der Waals surface area contributed by atoms with Crippen molar-refractivity contribution in [3.05, 3.63) is 35.6 Å². The van der Waals surface area contributed by atoms with E-state index in [-0.39, 0.29) is 12.5 Å². The van der Waals surface area contributed by atoms with Crippen LogP contribution in [0.15, 0.2) is 28.9 Å². The third-order valence-corrected chi connectivity index (χ3v) is 4.78. The van der Waals surface area contributed by atoms with Crippen LogP contribution in [0.4, 0.5) is 0 Å². The molecule has 0 aliphatic carbocycles. The highest BCUT2D eigenvalue weighted by Crippen LogP contribution is 2.30. The number of hydrogen-bond acceptors (Lipinski definition) is 4. The molecule has 2 heterocycles. The van der Waals surface area contributed by atoms with Gasteiger partial charge in [0.15, 0.2) is 0 Å². The number of aliphatic carboxylic acids is 1. The monoisotopic (exact) mass is 331 g/mol. The fourth-order valence-corrected chi connectivity index (χ4v) is 3.05. The molecule has 1 saturated heterocycles. The third-order valence-electron chi connectivity index (χ3n) is 4.78. The number of furan rings is 1. The fourth-order valence-electron chi connectivity index (χ4n) is 3.05. The zero-order valence-electron chi connectivity index (χ0n) is 13.6. The number of ether oxygens (including phenoxy) is 1. The van der Waals surface area contributed by atoms with E-state index in [9.17, 15) is 14.7 Å². The number of hydrogen-bond donors (Lipinski definition) is 2. The number of carbonyl (C=O) groups is 2. The van der Waals surface area contributed by atoms with E-state index >= 15 is 0 Å². The van der Waals surface area contributed by atoms with Crippen LogP contribution in [0, 0.1) is 5.41 Å². The molecule has 0 bridgehead atoms. The van der Waals surface area contributed by atoms with Crippen LogP contribution in [0.1, 0.15) is 35.7 Å². The molecule has 0 atom stereocenters. The van der Waals surface area contributed by atoms with Crippen molar-refractivity contribution in [1.82, 2.24) is 5.32 Å². The van der Waals surface area contributed by atoms with Crippen molar-refractivity contribution in [2.24, 2.45) is 5.41 Å². The zero-order valence-corrected chi connectivity index (χ0v) is 13.6. The van der Waals surface area contributed by atoms with E-state index in [2.05, 4.69) is 5.32 Å². The van der Waals surface area contributed by atoms with Gasteiger partial charge in [0, 0.05) is 25.1 Å². The van der Waals surface area contributed by atoms with E-state index in [4.69, 9.17) is 9.15 Å². The van der Waals surface area contributed by atoms with Gasteiger partial charge in [0.05, 0.1) is 11.0 Å². The van der Waals surface area contributed by atoms with Gasteiger partial charge in [0.1, 0.15) is 11.8 Å². The van der Waals surface area contributed by atoms with Crippen LogP contribution in [0.25, 0.3) is 11.0 Å². The molecule has 1 aromatic carbocycles. The Morgan fingerprint density at radius 1 is 1.29 bits per heavy atom. The average Bonchev–Trinajstić information content (AvgIpc) is 3.03. The second kappa shape index (κ2) is 6.65. The standard InChI is InChI=1S/C18H21NO5/c1-2-12-3-4-15-13(9-12)14(10-24-15)16(20)19-11-18(17(21)22)5-7-23-8-6-18/h3-4,9-10H,2,5-8,11H2,1H3,(H,19,20)(H,21,22). The summed E-state index contributed by atoms with van der Waals surface area (Å²) in [5.74, 6) is -1.20. The van der Waals surface area contributed by atoms with Gasteiger partial charge in [0.2, 0.25) is 0 Å². The SMILES string of the molecule is CCc1ccc2occ(C(=O)NCC3(C(=O)O)CCOCC3)c2c1. The molecule has 1 fully saturated rings. The van der Waals surface area contributed by atoms with Gasteiger partial charge in [-0.05, 0) is 37.0 Å². The summed E-state index contributed by atoms with van der Waals surface area (Å²) in [5.41, 5.74) is 1.25. The van der Waals surface area contributed by atoms with Crippen molar-refractivity contribution in [2.45, 2.75) is 26.2 Å². The zero-order chi connectivity index (χ0) is 17.2. The number of fused-ring (bicyclic) bond motifs is 1. The highest BCUT2D eigenvalue weighted by Gasteiger charge is 2.40. The van der Waals surface area contributed by atoms with Crippen LogP contribution in [-0.4, -0.2) is 36.7 Å². The highest BCUT2D eigenvalue weighted by atomic mass is 16.5. The lowest BCUT2D eigenvalue weighted by Gasteiger charge is -2.33. The summed E-state index contributed by atoms with van der Waals surface area (Å²) < 4.78 is 10.7. The number of amides is 1. The predicted molar refractivity (Wildman–Crippen MR) is 88.0 cm³/mol. The molecule has 128 valence electrons. The molecule has 0 radical (unpaired) electrons.